The molecule has 0 saturated carbocycles. The molecule has 10 heavy (non-hydrogen) atoms. The van der Waals surface area contributed by atoms with Crippen LogP contribution < -0.4 is 0 Å². The van der Waals surface area contributed by atoms with Crippen molar-refractivity contribution in [3.05, 3.63) is 10.4 Å². The third-order valence-corrected chi connectivity index (χ3v) is 1.74. The summed E-state index contributed by atoms with van der Waals surface area (Å²) in [7, 11) is 0. The van der Waals surface area contributed by atoms with Gasteiger partial charge >= 0.3 is 0 Å². The molecule has 0 aliphatic rings. The van der Waals surface area contributed by atoms with E-state index in [0.717, 1.165) is 6.42 Å². The summed E-state index contributed by atoms with van der Waals surface area (Å²) in [6.07, 6.45) is 1.18. The molecule has 0 spiro atoms. The topological polar surface area (TPSA) is 86.1 Å². The first kappa shape index (κ1) is 9.42. The maximum absolute atomic E-state index is 10.3. The molecule has 0 fully saturated rings. The predicted octanol–water partition coefficient (Wildman–Crippen LogP) is 1.64. The first-order valence-electron chi connectivity index (χ1n) is 2.86. The van der Waals surface area contributed by atoms with Crippen molar-refractivity contribution in [1.29, 1.82) is 0 Å². The van der Waals surface area contributed by atoms with Crippen molar-refractivity contribution in [2.75, 3.05) is 0 Å². The summed E-state index contributed by atoms with van der Waals surface area (Å²) in [5, 5.41) is 2.36. The van der Waals surface area contributed by atoms with Crippen LogP contribution in [0, 0.1) is 0 Å². The molecule has 0 aromatic carbocycles. The Hall–Kier alpha value is -0.580. The van der Waals surface area contributed by atoms with Gasteiger partial charge in [-0.05, 0) is 12.0 Å². The third kappa shape index (κ3) is 3.45. The third-order valence-electron chi connectivity index (χ3n) is 0.949. The number of rotatable bonds is 4. The molecular weight excluding hydrogens is 154 g/mol. The summed E-state index contributed by atoms with van der Waals surface area (Å²) < 4.78 is 18.8. The number of hydrogen-bond acceptors (Lipinski definition) is 2. The highest BCUT2D eigenvalue weighted by Gasteiger charge is 2.10. The van der Waals surface area contributed by atoms with Crippen LogP contribution in [0.1, 0.15) is 19.8 Å². The zero-order valence-corrected chi connectivity index (χ0v) is 6.41. The number of azide groups is 1. The Kier molecular flexibility index (Phi) is 4.92. The Labute approximate surface area is 61.3 Å². The van der Waals surface area contributed by atoms with Gasteiger partial charge < -0.3 is 4.55 Å². The number of hydrogen-bond donors (Lipinski definition) is 1. The van der Waals surface area contributed by atoms with Crippen LogP contribution in [0.15, 0.2) is 5.11 Å². The van der Waals surface area contributed by atoms with E-state index in [1.807, 2.05) is 6.92 Å². The molecule has 6 heteroatoms. The molecule has 2 atom stereocenters. The van der Waals surface area contributed by atoms with E-state index >= 15 is 0 Å². The largest absolute Gasteiger partial charge is 0.306 e. The van der Waals surface area contributed by atoms with Crippen LogP contribution in [0.3, 0.4) is 0 Å². The molecule has 0 aliphatic heterocycles. The second-order valence-corrected chi connectivity index (χ2v) is 2.82. The molecule has 0 saturated heterocycles. The van der Waals surface area contributed by atoms with Gasteiger partial charge in [-0.2, -0.15) is 0 Å². The molecule has 0 aromatic heterocycles. The summed E-state index contributed by atoms with van der Waals surface area (Å²) in [5.74, 6) is 0. The average Bonchev–Trinajstić information content (AvgIpc) is 1.87. The lowest BCUT2D eigenvalue weighted by Crippen LogP contribution is -2.09. The van der Waals surface area contributed by atoms with Crippen LogP contribution in [0.2, 0.25) is 0 Å². The molecule has 0 aliphatic carbocycles. The van der Waals surface area contributed by atoms with Crippen molar-refractivity contribution in [1.82, 2.24) is 0 Å². The van der Waals surface area contributed by atoms with E-state index in [4.69, 9.17) is 10.1 Å². The minimum Gasteiger partial charge on any atom is -0.306 e. The van der Waals surface area contributed by atoms with Crippen molar-refractivity contribution < 1.29 is 8.76 Å². The van der Waals surface area contributed by atoms with Gasteiger partial charge in [0.05, 0.1) is 0 Å². The fourth-order valence-electron chi connectivity index (χ4n) is 0.503. The van der Waals surface area contributed by atoms with E-state index in [0.29, 0.717) is 6.42 Å². The lowest BCUT2D eigenvalue weighted by Gasteiger charge is -2.01. The number of nitrogens with zero attached hydrogens (tertiary/aromatic N) is 3. The van der Waals surface area contributed by atoms with E-state index in [9.17, 15) is 4.21 Å². The van der Waals surface area contributed by atoms with Crippen molar-refractivity contribution in [3.8, 4) is 0 Å². The highest BCUT2D eigenvalue weighted by atomic mass is 32.2. The first-order chi connectivity index (χ1) is 4.72. The van der Waals surface area contributed by atoms with E-state index < -0.39 is 16.5 Å². The van der Waals surface area contributed by atoms with Gasteiger partial charge in [-0.3, -0.25) is 0 Å². The van der Waals surface area contributed by atoms with Crippen LogP contribution in [-0.2, 0) is 11.1 Å². The predicted molar refractivity (Wildman–Crippen MR) is 38.6 cm³/mol. The minimum atomic E-state index is -2.02. The molecule has 5 nitrogen and oxygen atoms in total. The van der Waals surface area contributed by atoms with Crippen LogP contribution in [-0.4, -0.2) is 14.1 Å². The zero-order valence-electron chi connectivity index (χ0n) is 5.60. The van der Waals surface area contributed by atoms with Gasteiger partial charge in [0.25, 0.3) is 0 Å². The molecule has 0 bridgehead atoms. The van der Waals surface area contributed by atoms with Crippen LogP contribution in [0.25, 0.3) is 10.4 Å². The molecule has 0 radical (unpaired) electrons. The summed E-state index contributed by atoms with van der Waals surface area (Å²) in [5.41, 5.74) is 7.92. The fourth-order valence-corrected chi connectivity index (χ4v) is 1.06. The highest BCUT2D eigenvalue weighted by molar-refractivity contribution is 7.79. The quantitative estimate of drug-likeness (QED) is 0.295. The summed E-state index contributed by atoms with van der Waals surface area (Å²) in [6, 6.07) is 0. The Morgan fingerprint density at radius 1 is 1.90 bits per heavy atom. The van der Waals surface area contributed by atoms with E-state index in [2.05, 4.69) is 10.0 Å². The Morgan fingerprint density at radius 2 is 2.50 bits per heavy atom. The van der Waals surface area contributed by atoms with Gasteiger partial charge in [-0.25, -0.2) is 4.21 Å². The summed E-state index contributed by atoms with van der Waals surface area (Å²) >= 11 is -2.02. The smallest absolute Gasteiger partial charge is 0.161 e. The first-order valence-corrected chi connectivity index (χ1v) is 4.03. The second kappa shape index (κ2) is 5.22. The van der Waals surface area contributed by atoms with E-state index in [-0.39, 0.29) is 0 Å². The molecular formula is C4H9N3O2S. The van der Waals surface area contributed by atoms with Gasteiger partial charge in [0.1, 0.15) is 5.37 Å². The van der Waals surface area contributed by atoms with Gasteiger partial charge in [0.2, 0.25) is 0 Å². The maximum Gasteiger partial charge on any atom is 0.161 e. The Bertz CT molecular complexity index is 164. The summed E-state index contributed by atoms with van der Waals surface area (Å²) in [6.45, 7) is 1.85. The highest BCUT2D eigenvalue weighted by Crippen LogP contribution is 2.04. The monoisotopic (exact) mass is 163 g/mol. The van der Waals surface area contributed by atoms with Crippen molar-refractivity contribution in [2.24, 2.45) is 5.11 Å². The standard InChI is InChI=1S/C4H9N3O2S/c1-2-3-4(6-7-5)10(8)9/h4H,2-3H2,1H3,(H,8,9). The normalized spacial score (nSPS) is 15.4. The van der Waals surface area contributed by atoms with Crippen LogP contribution in [0.5, 0.6) is 0 Å². The molecule has 0 aromatic rings. The van der Waals surface area contributed by atoms with Crippen LogP contribution in [0.4, 0.5) is 0 Å². The lowest BCUT2D eigenvalue weighted by atomic mass is 10.3. The fraction of sp³-hybridized carbons (Fsp3) is 1.00. The molecule has 1 N–H and O–H groups in total. The van der Waals surface area contributed by atoms with Gasteiger partial charge in [0.15, 0.2) is 11.1 Å². The van der Waals surface area contributed by atoms with Crippen LogP contribution >= 0.6 is 0 Å². The van der Waals surface area contributed by atoms with E-state index in [1.54, 1.807) is 0 Å². The van der Waals surface area contributed by atoms with E-state index in [1.165, 1.54) is 0 Å². The minimum absolute atomic E-state index is 0.452. The second-order valence-electron chi connectivity index (χ2n) is 1.72. The van der Waals surface area contributed by atoms with Crippen molar-refractivity contribution in [2.45, 2.75) is 25.1 Å². The van der Waals surface area contributed by atoms with Gasteiger partial charge in [0, 0.05) is 4.91 Å². The molecule has 2 unspecified atom stereocenters. The van der Waals surface area contributed by atoms with Gasteiger partial charge in [-0.1, -0.05) is 18.5 Å². The van der Waals surface area contributed by atoms with Crippen molar-refractivity contribution >= 4 is 11.1 Å². The molecule has 58 valence electrons. The Morgan fingerprint density at radius 3 is 2.80 bits per heavy atom. The maximum atomic E-state index is 10.3. The lowest BCUT2D eigenvalue weighted by molar-refractivity contribution is 0.540. The molecule has 0 amide bonds. The molecule has 0 heterocycles. The summed E-state index contributed by atoms with van der Waals surface area (Å²) in [4.78, 5) is 2.45. The molecule has 0 rings (SSSR count). The SMILES string of the molecule is CCCC(N=[N+]=[N-])S(=O)O. The average molecular weight is 163 g/mol. The van der Waals surface area contributed by atoms with Crippen molar-refractivity contribution in [3.63, 3.8) is 0 Å². The van der Waals surface area contributed by atoms with Gasteiger partial charge in [-0.15, -0.1) is 0 Å². The zero-order chi connectivity index (χ0) is 7.98. The Balaban J connectivity index is 3.97.